The van der Waals surface area contributed by atoms with Crippen LogP contribution in [0.5, 0.6) is 0 Å². The molecule has 0 aromatic carbocycles. The average molecular weight is 291 g/mol. The summed E-state index contributed by atoms with van der Waals surface area (Å²) in [5.41, 5.74) is 5.70. The number of nitrogen functional groups attached to an aromatic ring is 1. The molecule has 2 aliphatic rings. The summed E-state index contributed by atoms with van der Waals surface area (Å²) in [6.07, 6.45) is 4.97. The molecule has 114 valence electrons. The van der Waals surface area contributed by atoms with E-state index in [1.165, 1.54) is 44.5 Å². The molecule has 0 bridgehead atoms. The Morgan fingerprint density at radius 3 is 2.71 bits per heavy atom. The lowest BCUT2D eigenvalue weighted by Crippen LogP contribution is -2.41. The van der Waals surface area contributed by atoms with Gasteiger partial charge in [-0.1, -0.05) is 6.42 Å². The molecule has 2 saturated heterocycles. The fourth-order valence-corrected chi connectivity index (χ4v) is 3.32. The molecule has 1 aromatic heterocycles. The van der Waals surface area contributed by atoms with E-state index in [0.29, 0.717) is 11.9 Å². The molecule has 0 saturated carbocycles. The Balaban J connectivity index is 1.72. The van der Waals surface area contributed by atoms with E-state index < -0.39 is 4.92 Å². The summed E-state index contributed by atoms with van der Waals surface area (Å²) in [7, 11) is 0. The number of nitrogens with zero attached hydrogens (tertiary/aromatic N) is 4. The molecular formula is C14H21N5O2. The van der Waals surface area contributed by atoms with Gasteiger partial charge in [0.05, 0.1) is 17.1 Å². The van der Waals surface area contributed by atoms with E-state index in [4.69, 9.17) is 5.73 Å². The molecular weight excluding hydrogens is 270 g/mol. The highest BCUT2D eigenvalue weighted by Crippen LogP contribution is 2.27. The molecule has 0 amide bonds. The van der Waals surface area contributed by atoms with Gasteiger partial charge in [-0.05, 0) is 32.4 Å². The van der Waals surface area contributed by atoms with Gasteiger partial charge in [0.15, 0.2) is 0 Å². The average Bonchev–Trinajstić information content (AvgIpc) is 2.97. The van der Waals surface area contributed by atoms with Crippen LogP contribution < -0.4 is 10.6 Å². The van der Waals surface area contributed by atoms with Crippen molar-refractivity contribution in [1.82, 2.24) is 9.88 Å². The van der Waals surface area contributed by atoms with Crippen molar-refractivity contribution >= 4 is 17.3 Å². The Morgan fingerprint density at radius 2 is 2.00 bits per heavy atom. The van der Waals surface area contributed by atoms with Crippen molar-refractivity contribution in [3.63, 3.8) is 0 Å². The SMILES string of the molecule is Nc1cc([N+](=O)[O-])cc(N2CCC(N3CCCCC3)C2)n1. The predicted molar refractivity (Wildman–Crippen MR) is 81.3 cm³/mol. The van der Waals surface area contributed by atoms with Gasteiger partial charge >= 0.3 is 0 Å². The van der Waals surface area contributed by atoms with Crippen molar-refractivity contribution in [3.8, 4) is 0 Å². The van der Waals surface area contributed by atoms with Crippen LogP contribution in [0, 0.1) is 10.1 Å². The summed E-state index contributed by atoms with van der Waals surface area (Å²) < 4.78 is 0. The smallest absolute Gasteiger partial charge is 0.276 e. The molecule has 1 aromatic rings. The number of pyridine rings is 1. The number of rotatable bonds is 3. The van der Waals surface area contributed by atoms with Gasteiger partial charge in [0.2, 0.25) is 0 Å². The van der Waals surface area contributed by atoms with Crippen molar-refractivity contribution in [1.29, 1.82) is 0 Å². The molecule has 2 fully saturated rings. The van der Waals surface area contributed by atoms with E-state index in [1.54, 1.807) is 0 Å². The van der Waals surface area contributed by atoms with Crippen LogP contribution in [0.4, 0.5) is 17.3 Å². The maximum atomic E-state index is 10.9. The fourth-order valence-electron chi connectivity index (χ4n) is 3.32. The van der Waals surface area contributed by atoms with Crippen LogP contribution in [0.2, 0.25) is 0 Å². The number of hydrogen-bond acceptors (Lipinski definition) is 6. The first kappa shape index (κ1) is 14.1. The summed E-state index contributed by atoms with van der Waals surface area (Å²) in [6.45, 7) is 4.11. The summed E-state index contributed by atoms with van der Waals surface area (Å²) in [5, 5.41) is 10.9. The molecule has 2 aliphatic heterocycles. The zero-order valence-corrected chi connectivity index (χ0v) is 12.1. The van der Waals surface area contributed by atoms with E-state index in [-0.39, 0.29) is 11.5 Å². The first-order valence-corrected chi connectivity index (χ1v) is 7.54. The summed E-state index contributed by atoms with van der Waals surface area (Å²) in [5.74, 6) is 0.835. The monoisotopic (exact) mass is 291 g/mol. The predicted octanol–water partition coefficient (Wildman–Crippen LogP) is 1.64. The van der Waals surface area contributed by atoms with Crippen molar-refractivity contribution in [2.24, 2.45) is 0 Å². The summed E-state index contributed by atoms with van der Waals surface area (Å²) in [4.78, 5) is 19.4. The van der Waals surface area contributed by atoms with Crippen LogP contribution in [0.3, 0.4) is 0 Å². The summed E-state index contributed by atoms with van der Waals surface area (Å²) in [6, 6.07) is 3.36. The van der Waals surface area contributed by atoms with Crippen molar-refractivity contribution in [3.05, 3.63) is 22.2 Å². The Hall–Kier alpha value is -1.89. The Kier molecular flexibility index (Phi) is 3.92. The number of nitro groups is 1. The number of aromatic nitrogens is 1. The maximum Gasteiger partial charge on any atom is 0.276 e. The van der Waals surface area contributed by atoms with Crippen LogP contribution >= 0.6 is 0 Å². The Labute approximate surface area is 123 Å². The summed E-state index contributed by atoms with van der Waals surface area (Å²) >= 11 is 0. The lowest BCUT2D eigenvalue weighted by molar-refractivity contribution is -0.384. The normalized spacial score (nSPS) is 23.4. The topological polar surface area (TPSA) is 88.5 Å². The fraction of sp³-hybridized carbons (Fsp3) is 0.643. The van der Waals surface area contributed by atoms with Crippen LogP contribution in [0.1, 0.15) is 25.7 Å². The van der Waals surface area contributed by atoms with Crippen LogP contribution in [-0.4, -0.2) is 47.0 Å². The number of likely N-dealkylation sites (tertiary alicyclic amines) is 1. The third-order valence-electron chi connectivity index (χ3n) is 4.42. The first-order chi connectivity index (χ1) is 10.1. The first-order valence-electron chi connectivity index (χ1n) is 7.54. The second-order valence-corrected chi connectivity index (χ2v) is 5.85. The van der Waals surface area contributed by atoms with Gasteiger partial charge in [-0.3, -0.25) is 15.0 Å². The molecule has 1 atom stereocenters. The number of nitrogens with two attached hydrogens (primary N) is 1. The lowest BCUT2D eigenvalue weighted by Gasteiger charge is -2.32. The third kappa shape index (κ3) is 3.07. The van der Waals surface area contributed by atoms with Crippen molar-refractivity contribution in [2.45, 2.75) is 31.7 Å². The minimum atomic E-state index is -0.417. The highest BCUT2D eigenvalue weighted by Gasteiger charge is 2.29. The van der Waals surface area contributed by atoms with E-state index >= 15 is 0 Å². The van der Waals surface area contributed by atoms with Gasteiger partial charge in [0.25, 0.3) is 5.69 Å². The van der Waals surface area contributed by atoms with Crippen molar-refractivity contribution < 1.29 is 4.92 Å². The molecule has 2 N–H and O–H groups in total. The highest BCUT2D eigenvalue weighted by molar-refractivity contribution is 5.54. The molecule has 0 radical (unpaired) electrons. The molecule has 1 unspecified atom stereocenters. The highest BCUT2D eigenvalue weighted by atomic mass is 16.6. The van der Waals surface area contributed by atoms with E-state index in [0.717, 1.165) is 19.5 Å². The van der Waals surface area contributed by atoms with Gasteiger partial charge in [0, 0.05) is 19.1 Å². The molecule has 0 aliphatic carbocycles. The quantitative estimate of drug-likeness (QED) is 0.672. The van der Waals surface area contributed by atoms with E-state index in [2.05, 4.69) is 14.8 Å². The number of hydrogen-bond donors (Lipinski definition) is 1. The number of anilines is 2. The largest absolute Gasteiger partial charge is 0.383 e. The van der Waals surface area contributed by atoms with Crippen LogP contribution in [0.25, 0.3) is 0 Å². The van der Waals surface area contributed by atoms with Gasteiger partial charge in [-0.2, -0.15) is 0 Å². The van der Waals surface area contributed by atoms with Gasteiger partial charge in [-0.15, -0.1) is 0 Å². The molecule has 7 heteroatoms. The molecule has 21 heavy (non-hydrogen) atoms. The minimum Gasteiger partial charge on any atom is -0.383 e. The van der Waals surface area contributed by atoms with Crippen LogP contribution in [-0.2, 0) is 0 Å². The van der Waals surface area contributed by atoms with E-state index in [1.807, 2.05) is 0 Å². The van der Waals surface area contributed by atoms with Gasteiger partial charge in [0.1, 0.15) is 11.6 Å². The molecule has 7 nitrogen and oxygen atoms in total. The lowest BCUT2D eigenvalue weighted by atomic mass is 10.1. The third-order valence-corrected chi connectivity index (χ3v) is 4.42. The minimum absolute atomic E-state index is 0.0129. The van der Waals surface area contributed by atoms with Gasteiger partial charge < -0.3 is 10.6 Å². The Morgan fingerprint density at radius 1 is 1.24 bits per heavy atom. The van der Waals surface area contributed by atoms with E-state index in [9.17, 15) is 10.1 Å². The van der Waals surface area contributed by atoms with Gasteiger partial charge in [-0.25, -0.2) is 4.98 Å². The number of piperidine rings is 1. The molecule has 3 heterocycles. The molecule has 0 spiro atoms. The standard InChI is InChI=1S/C14H21N5O2/c15-13-8-12(19(20)21)9-14(16-13)18-7-4-11(10-18)17-5-2-1-3-6-17/h8-9,11H,1-7,10H2,(H2,15,16). The second kappa shape index (κ2) is 5.85. The zero-order valence-electron chi connectivity index (χ0n) is 12.1. The van der Waals surface area contributed by atoms with Crippen LogP contribution in [0.15, 0.2) is 12.1 Å². The van der Waals surface area contributed by atoms with Crippen molar-refractivity contribution in [2.75, 3.05) is 36.8 Å². The zero-order chi connectivity index (χ0) is 14.8. The maximum absolute atomic E-state index is 10.9. The second-order valence-electron chi connectivity index (χ2n) is 5.85. The Bertz CT molecular complexity index is 530. The molecule has 3 rings (SSSR count).